The molecule has 5 nitrogen and oxygen atoms in total. The molecule has 2 aromatic heterocycles. The van der Waals surface area contributed by atoms with E-state index in [-0.39, 0.29) is 11.9 Å². The summed E-state index contributed by atoms with van der Waals surface area (Å²) in [5, 5.41) is 2.98. The Morgan fingerprint density at radius 3 is 3.14 bits per heavy atom. The first-order valence-corrected chi connectivity index (χ1v) is 8.37. The number of rotatable bonds is 4. The Morgan fingerprint density at radius 2 is 2.41 bits per heavy atom. The van der Waals surface area contributed by atoms with Crippen LogP contribution < -0.4 is 0 Å². The highest BCUT2D eigenvalue weighted by molar-refractivity contribution is 7.09. The van der Waals surface area contributed by atoms with Crippen molar-refractivity contribution >= 4 is 17.2 Å². The second kappa shape index (κ2) is 6.62. The molecule has 1 aliphatic rings. The average Bonchev–Trinajstić information content (AvgIpc) is 3.17. The number of ether oxygens (including phenoxy) is 1. The molecule has 3 heterocycles. The van der Waals surface area contributed by atoms with Crippen LogP contribution in [0.15, 0.2) is 22.1 Å². The number of aromatic nitrogens is 1. The minimum Gasteiger partial charge on any atom is -0.463 e. The largest absolute Gasteiger partial charge is 0.463 e. The third-order valence-electron chi connectivity index (χ3n) is 3.99. The van der Waals surface area contributed by atoms with E-state index in [1.807, 2.05) is 17.2 Å². The number of methoxy groups -OCH3 is 1. The number of hydrogen-bond donors (Lipinski definition) is 0. The average molecular weight is 320 g/mol. The number of furan rings is 1. The lowest BCUT2D eigenvalue weighted by Crippen LogP contribution is -2.38. The molecule has 0 unspecified atom stereocenters. The lowest BCUT2D eigenvalue weighted by molar-refractivity contribution is 0.0609. The topological polar surface area (TPSA) is 55.6 Å². The zero-order chi connectivity index (χ0) is 15.5. The molecule has 0 bridgehead atoms. The molecule has 2 aromatic rings. The van der Waals surface area contributed by atoms with Crippen LogP contribution in [0.3, 0.4) is 0 Å². The van der Waals surface area contributed by atoms with Gasteiger partial charge in [0, 0.05) is 25.2 Å². The number of aryl methyl sites for hydroxylation is 1. The predicted molar refractivity (Wildman–Crippen MR) is 83.9 cm³/mol. The maximum atomic E-state index is 12.9. The number of carbonyl (C=O) groups excluding carboxylic acids is 1. The molecule has 0 aromatic carbocycles. The summed E-state index contributed by atoms with van der Waals surface area (Å²) in [6.07, 6.45) is 4.95. The standard InChI is InChI=1S/C16H20N2O3S/c1-11-13(9-12(21-11)10-20-2)16(19)18-7-4-3-5-14(18)15-17-6-8-22-15/h6,8-9,14H,3-5,7,10H2,1-2H3/t14-/m1/s1. The maximum absolute atomic E-state index is 12.9. The summed E-state index contributed by atoms with van der Waals surface area (Å²) in [7, 11) is 1.61. The molecule has 22 heavy (non-hydrogen) atoms. The van der Waals surface area contributed by atoms with Gasteiger partial charge >= 0.3 is 0 Å². The SMILES string of the molecule is COCc1cc(C(=O)N2CCCC[C@@H]2c2nccs2)c(C)o1. The van der Waals surface area contributed by atoms with E-state index in [9.17, 15) is 4.79 Å². The van der Waals surface area contributed by atoms with Gasteiger partial charge in [0.1, 0.15) is 23.1 Å². The Kier molecular flexibility index (Phi) is 4.59. The van der Waals surface area contributed by atoms with Crippen molar-refractivity contribution in [2.24, 2.45) is 0 Å². The van der Waals surface area contributed by atoms with Crippen LogP contribution in [0, 0.1) is 6.92 Å². The molecule has 1 atom stereocenters. The second-order valence-electron chi connectivity index (χ2n) is 5.50. The number of piperidine rings is 1. The van der Waals surface area contributed by atoms with E-state index >= 15 is 0 Å². The molecule has 118 valence electrons. The van der Waals surface area contributed by atoms with Gasteiger partial charge in [-0.3, -0.25) is 4.79 Å². The Hall–Kier alpha value is -1.66. The molecule has 0 N–H and O–H groups in total. The van der Waals surface area contributed by atoms with Gasteiger partial charge in [-0.2, -0.15) is 0 Å². The number of carbonyl (C=O) groups is 1. The van der Waals surface area contributed by atoms with Gasteiger partial charge in [-0.05, 0) is 32.3 Å². The Morgan fingerprint density at radius 1 is 1.55 bits per heavy atom. The molecule has 3 rings (SSSR count). The van der Waals surface area contributed by atoms with Crippen molar-refractivity contribution in [3.63, 3.8) is 0 Å². The number of hydrogen-bond acceptors (Lipinski definition) is 5. The van der Waals surface area contributed by atoms with E-state index in [1.165, 1.54) is 0 Å². The molecular weight excluding hydrogens is 300 g/mol. The predicted octanol–water partition coefficient (Wildman–Crippen LogP) is 3.56. The van der Waals surface area contributed by atoms with E-state index in [2.05, 4.69) is 4.98 Å². The normalized spacial score (nSPS) is 18.6. The highest BCUT2D eigenvalue weighted by Gasteiger charge is 2.31. The van der Waals surface area contributed by atoms with Gasteiger partial charge in [0.25, 0.3) is 5.91 Å². The summed E-state index contributed by atoms with van der Waals surface area (Å²) in [4.78, 5) is 19.3. The fourth-order valence-electron chi connectivity index (χ4n) is 2.95. The van der Waals surface area contributed by atoms with Crippen molar-refractivity contribution in [2.45, 2.75) is 38.8 Å². The lowest BCUT2D eigenvalue weighted by atomic mass is 10.0. The van der Waals surface area contributed by atoms with Crippen molar-refractivity contribution in [1.29, 1.82) is 0 Å². The van der Waals surface area contributed by atoms with Crippen LogP contribution in [0.5, 0.6) is 0 Å². The van der Waals surface area contributed by atoms with Gasteiger partial charge < -0.3 is 14.1 Å². The van der Waals surface area contributed by atoms with Crippen LogP contribution in [-0.2, 0) is 11.3 Å². The number of likely N-dealkylation sites (tertiary alicyclic amines) is 1. The molecule has 0 radical (unpaired) electrons. The number of nitrogens with zero attached hydrogens (tertiary/aromatic N) is 2. The zero-order valence-electron chi connectivity index (χ0n) is 12.9. The molecule has 1 fully saturated rings. The van der Waals surface area contributed by atoms with E-state index in [0.717, 1.165) is 30.8 Å². The van der Waals surface area contributed by atoms with Gasteiger partial charge in [0.05, 0.1) is 11.6 Å². The minimum atomic E-state index is 0.0310. The molecule has 0 aliphatic carbocycles. The van der Waals surface area contributed by atoms with Gasteiger partial charge in [-0.25, -0.2) is 4.98 Å². The summed E-state index contributed by atoms with van der Waals surface area (Å²) in [6, 6.07) is 1.88. The summed E-state index contributed by atoms with van der Waals surface area (Å²) in [6.45, 7) is 2.98. The number of thiazole rings is 1. The summed E-state index contributed by atoms with van der Waals surface area (Å²) < 4.78 is 10.7. The van der Waals surface area contributed by atoms with Crippen LogP contribution >= 0.6 is 11.3 Å². The number of amides is 1. The van der Waals surface area contributed by atoms with Gasteiger partial charge in [-0.1, -0.05) is 0 Å². The quantitative estimate of drug-likeness (QED) is 0.864. The summed E-state index contributed by atoms with van der Waals surface area (Å²) in [5.74, 6) is 1.37. The molecular formula is C16H20N2O3S. The van der Waals surface area contributed by atoms with Crippen LogP contribution in [0.25, 0.3) is 0 Å². The molecule has 0 saturated carbocycles. The first kappa shape index (κ1) is 15.2. The van der Waals surface area contributed by atoms with Crippen LogP contribution in [-0.4, -0.2) is 29.4 Å². The van der Waals surface area contributed by atoms with Gasteiger partial charge in [0.2, 0.25) is 0 Å². The summed E-state index contributed by atoms with van der Waals surface area (Å²) >= 11 is 1.61. The first-order chi connectivity index (χ1) is 10.7. The zero-order valence-corrected chi connectivity index (χ0v) is 13.7. The van der Waals surface area contributed by atoms with E-state index in [1.54, 1.807) is 30.7 Å². The van der Waals surface area contributed by atoms with Crippen LogP contribution in [0.2, 0.25) is 0 Å². The highest BCUT2D eigenvalue weighted by atomic mass is 32.1. The van der Waals surface area contributed by atoms with Crippen molar-refractivity contribution in [3.8, 4) is 0 Å². The van der Waals surface area contributed by atoms with Crippen molar-refractivity contribution in [1.82, 2.24) is 9.88 Å². The fourth-order valence-corrected chi connectivity index (χ4v) is 3.74. The molecule has 1 amide bonds. The second-order valence-corrected chi connectivity index (χ2v) is 6.42. The highest BCUT2D eigenvalue weighted by Crippen LogP contribution is 2.33. The Labute approximate surface area is 133 Å². The van der Waals surface area contributed by atoms with Crippen LogP contribution in [0.4, 0.5) is 0 Å². The molecule has 6 heteroatoms. The monoisotopic (exact) mass is 320 g/mol. The van der Waals surface area contributed by atoms with Crippen molar-refractivity contribution < 1.29 is 13.9 Å². The maximum Gasteiger partial charge on any atom is 0.257 e. The fraction of sp³-hybridized carbons (Fsp3) is 0.500. The smallest absolute Gasteiger partial charge is 0.257 e. The third kappa shape index (κ3) is 2.94. The van der Waals surface area contributed by atoms with E-state index < -0.39 is 0 Å². The van der Waals surface area contributed by atoms with E-state index in [0.29, 0.717) is 23.7 Å². The van der Waals surface area contributed by atoms with Crippen LogP contribution in [0.1, 0.15) is 52.2 Å². The lowest BCUT2D eigenvalue weighted by Gasteiger charge is -2.34. The molecule has 1 saturated heterocycles. The Balaban J connectivity index is 1.86. The Bertz CT molecular complexity index is 636. The third-order valence-corrected chi connectivity index (χ3v) is 4.86. The minimum absolute atomic E-state index is 0.0310. The van der Waals surface area contributed by atoms with Gasteiger partial charge in [0.15, 0.2) is 0 Å². The first-order valence-electron chi connectivity index (χ1n) is 7.49. The van der Waals surface area contributed by atoms with Gasteiger partial charge in [-0.15, -0.1) is 11.3 Å². The molecule has 0 spiro atoms. The van der Waals surface area contributed by atoms with Crippen molar-refractivity contribution in [2.75, 3.05) is 13.7 Å². The van der Waals surface area contributed by atoms with E-state index in [4.69, 9.17) is 9.15 Å². The van der Waals surface area contributed by atoms with Crippen molar-refractivity contribution in [3.05, 3.63) is 39.7 Å². The summed E-state index contributed by atoms with van der Waals surface area (Å²) in [5.41, 5.74) is 0.635. The molecule has 1 aliphatic heterocycles.